The van der Waals surface area contributed by atoms with Crippen LogP contribution in [0.25, 0.3) is 0 Å². The van der Waals surface area contributed by atoms with Gasteiger partial charge in [-0.2, -0.15) is 0 Å². The number of anilines is 1. The van der Waals surface area contributed by atoms with Gasteiger partial charge in [0.05, 0.1) is 18.6 Å². The third-order valence-corrected chi connectivity index (χ3v) is 4.83. The monoisotopic (exact) mass is 297 g/mol. The maximum Gasteiger partial charge on any atom is 0.232 e. The molecule has 0 radical (unpaired) electrons. The van der Waals surface area contributed by atoms with E-state index < -0.39 is 10.0 Å². The van der Waals surface area contributed by atoms with Gasteiger partial charge in [-0.05, 0) is 36.3 Å². The Hall–Kier alpha value is -1.23. The van der Waals surface area contributed by atoms with Gasteiger partial charge in [0.15, 0.2) is 0 Å². The van der Waals surface area contributed by atoms with Gasteiger partial charge in [0.25, 0.3) is 0 Å². The van der Waals surface area contributed by atoms with Crippen molar-refractivity contribution in [1.82, 2.24) is 0 Å². The standard InChI is InChI=1S/C15H23NO3S/c1-11(2)14-8-7-13(19-10-12-5-6-12)9-15(14)16(3)20(4,17)18/h7-9,11-12H,5-6,10H2,1-4H3. The van der Waals surface area contributed by atoms with Gasteiger partial charge in [0.1, 0.15) is 5.75 Å². The van der Waals surface area contributed by atoms with E-state index in [1.807, 2.05) is 18.2 Å². The van der Waals surface area contributed by atoms with E-state index >= 15 is 0 Å². The van der Waals surface area contributed by atoms with E-state index in [9.17, 15) is 8.42 Å². The summed E-state index contributed by atoms with van der Waals surface area (Å²) in [6.45, 7) is 4.84. The molecule has 0 spiro atoms. The molecule has 2 rings (SSSR count). The first-order valence-corrected chi connectivity index (χ1v) is 8.84. The van der Waals surface area contributed by atoms with Crippen LogP contribution in [0.2, 0.25) is 0 Å². The lowest BCUT2D eigenvalue weighted by atomic mass is 10.0. The molecule has 0 N–H and O–H groups in total. The molecule has 20 heavy (non-hydrogen) atoms. The number of hydrogen-bond acceptors (Lipinski definition) is 3. The van der Waals surface area contributed by atoms with E-state index in [4.69, 9.17) is 4.74 Å². The summed E-state index contributed by atoms with van der Waals surface area (Å²) in [5.74, 6) is 1.68. The lowest BCUT2D eigenvalue weighted by Crippen LogP contribution is -2.26. The second-order valence-electron chi connectivity index (χ2n) is 5.86. The minimum Gasteiger partial charge on any atom is -0.493 e. The molecule has 0 amide bonds. The predicted octanol–water partition coefficient (Wildman–Crippen LogP) is 2.99. The molecule has 0 aromatic heterocycles. The number of benzene rings is 1. The normalized spacial score (nSPS) is 15.4. The Morgan fingerprint density at radius 1 is 1.35 bits per heavy atom. The van der Waals surface area contributed by atoms with E-state index in [0.29, 0.717) is 11.6 Å². The molecule has 1 fully saturated rings. The van der Waals surface area contributed by atoms with Gasteiger partial charge in [-0.15, -0.1) is 0 Å². The molecule has 0 unspecified atom stereocenters. The zero-order valence-electron chi connectivity index (χ0n) is 12.6. The van der Waals surface area contributed by atoms with Crippen molar-refractivity contribution in [3.05, 3.63) is 23.8 Å². The fourth-order valence-electron chi connectivity index (χ4n) is 2.05. The second kappa shape index (κ2) is 5.64. The fraction of sp³-hybridized carbons (Fsp3) is 0.600. The smallest absolute Gasteiger partial charge is 0.232 e. The minimum absolute atomic E-state index is 0.256. The van der Waals surface area contributed by atoms with Crippen LogP contribution >= 0.6 is 0 Å². The van der Waals surface area contributed by atoms with Crippen molar-refractivity contribution in [2.45, 2.75) is 32.6 Å². The van der Waals surface area contributed by atoms with E-state index in [0.717, 1.165) is 17.9 Å². The Balaban J connectivity index is 2.30. The summed E-state index contributed by atoms with van der Waals surface area (Å²) in [5.41, 5.74) is 1.72. The van der Waals surface area contributed by atoms with Crippen LogP contribution in [0.5, 0.6) is 5.75 Å². The van der Waals surface area contributed by atoms with Gasteiger partial charge in [0.2, 0.25) is 10.0 Å². The summed E-state index contributed by atoms with van der Waals surface area (Å²) >= 11 is 0. The van der Waals surface area contributed by atoms with Gasteiger partial charge in [-0.1, -0.05) is 19.9 Å². The molecule has 1 saturated carbocycles. The van der Waals surface area contributed by atoms with Crippen molar-refractivity contribution in [2.75, 3.05) is 24.2 Å². The highest BCUT2D eigenvalue weighted by molar-refractivity contribution is 7.92. The Morgan fingerprint density at radius 2 is 2.00 bits per heavy atom. The fourth-order valence-corrected chi connectivity index (χ4v) is 2.57. The molecule has 1 aliphatic carbocycles. The van der Waals surface area contributed by atoms with Gasteiger partial charge in [-0.25, -0.2) is 8.42 Å². The lowest BCUT2D eigenvalue weighted by Gasteiger charge is -2.23. The lowest BCUT2D eigenvalue weighted by molar-refractivity contribution is 0.300. The second-order valence-corrected chi connectivity index (χ2v) is 7.87. The SMILES string of the molecule is CC(C)c1ccc(OCC2CC2)cc1N(C)S(C)(=O)=O. The van der Waals surface area contributed by atoms with Crippen LogP contribution in [-0.2, 0) is 10.0 Å². The largest absolute Gasteiger partial charge is 0.493 e. The van der Waals surface area contributed by atoms with E-state index in [1.54, 1.807) is 7.05 Å². The quantitative estimate of drug-likeness (QED) is 0.811. The molecule has 112 valence electrons. The van der Waals surface area contributed by atoms with Crippen molar-refractivity contribution < 1.29 is 13.2 Å². The number of rotatable bonds is 6. The zero-order valence-corrected chi connectivity index (χ0v) is 13.4. The third kappa shape index (κ3) is 3.66. The van der Waals surface area contributed by atoms with Crippen molar-refractivity contribution in [1.29, 1.82) is 0 Å². The van der Waals surface area contributed by atoms with Crippen LogP contribution in [-0.4, -0.2) is 28.3 Å². The molecule has 5 heteroatoms. The highest BCUT2D eigenvalue weighted by Gasteiger charge is 2.23. The molecular formula is C15H23NO3S. The Bertz CT molecular complexity index is 577. The Morgan fingerprint density at radius 3 is 2.50 bits per heavy atom. The van der Waals surface area contributed by atoms with Crippen molar-refractivity contribution in [2.24, 2.45) is 5.92 Å². The van der Waals surface area contributed by atoms with Crippen LogP contribution in [0.3, 0.4) is 0 Å². The molecule has 1 aromatic rings. The first-order chi connectivity index (χ1) is 9.29. The third-order valence-electron chi connectivity index (χ3n) is 3.64. The van der Waals surface area contributed by atoms with Crippen LogP contribution < -0.4 is 9.04 Å². The molecule has 0 aliphatic heterocycles. The van der Waals surface area contributed by atoms with Gasteiger partial charge >= 0.3 is 0 Å². The number of nitrogens with zero attached hydrogens (tertiary/aromatic N) is 1. The molecule has 0 atom stereocenters. The van der Waals surface area contributed by atoms with E-state index in [2.05, 4.69) is 13.8 Å². The number of sulfonamides is 1. The van der Waals surface area contributed by atoms with Gasteiger partial charge in [-0.3, -0.25) is 4.31 Å². The number of hydrogen-bond donors (Lipinski definition) is 0. The molecule has 1 aromatic carbocycles. The maximum atomic E-state index is 11.8. The van der Waals surface area contributed by atoms with Crippen LogP contribution in [0.1, 0.15) is 38.2 Å². The van der Waals surface area contributed by atoms with Crippen molar-refractivity contribution in [3.63, 3.8) is 0 Å². The van der Waals surface area contributed by atoms with Crippen LogP contribution in [0.4, 0.5) is 5.69 Å². The molecule has 0 bridgehead atoms. The summed E-state index contributed by atoms with van der Waals surface area (Å²) in [5, 5.41) is 0. The summed E-state index contributed by atoms with van der Waals surface area (Å²) in [6.07, 6.45) is 3.69. The summed E-state index contributed by atoms with van der Waals surface area (Å²) in [7, 11) is -1.69. The van der Waals surface area contributed by atoms with E-state index in [-0.39, 0.29) is 5.92 Å². The van der Waals surface area contributed by atoms with Crippen molar-refractivity contribution in [3.8, 4) is 5.75 Å². The number of ether oxygens (including phenoxy) is 1. The van der Waals surface area contributed by atoms with Crippen LogP contribution in [0.15, 0.2) is 18.2 Å². The molecule has 4 nitrogen and oxygen atoms in total. The minimum atomic E-state index is -3.27. The predicted molar refractivity (Wildman–Crippen MR) is 82.0 cm³/mol. The van der Waals surface area contributed by atoms with Crippen LogP contribution in [0, 0.1) is 5.92 Å². The average molecular weight is 297 g/mol. The molecule has 1 aliphatic rings. The van der Waals surface area contributed by atoms with E-state index in [1.165, 1.54) is 23.4 Å². The molecule has 0 heterocycles. The first kappa shape index (κ1) is 15.2. The maximum absolute atomic E-state index is 11.8. The molecular weight excluding hydrogens is 274 g/mol. The molecule has 0 saturated heterocycles. The zero-order chi connectivity index (χ0) is 14.9. The van der Waals surface area contributed by atoms with Crippen molar-refractivity contribution >= 4 is 15.7 Å². The summed E-state index contributed by atoms with van der Waals surface area (Å²) < 4.78 is 30.6. The average Bonchev–Trinajstić information content (AvgIpc) is 3.17. The first-order valence-electron chi connectivity index (χ1n) is 6.99. The Labute approximate surface area is 121 Å². The summed E-state index contributed by atoms with van der Waals surface area (Å²) in [6, 6.07) is 5.72. The Kier molecular flexibility index (Phi) is 4.28. The van der Waals surface area contributed by atoms with Gasteiger partial charge < -0.3 is 4.74 Å². The summed E-state index contributed by atoms with van der Waals surface area (Å²) in [4.78, 5) is 0. The highest BCUT2D eigenvalue weighted by Crippen LogP contribution is 2.34. The topological polar surface area (TPSA) is 46.6 Å². The van der Waals surface area contributed by atoms with Gasteiger partial charge in [0, 0.05) is 13.1 Å². The highest BCUT2D eigenvalue weighted by atomic mass is 32.2.